The molecule has 1 rings (SSSR count). The number of hydrogen-bond acceptors (Lipinski definition) is 6. The molecular formula is C9H29NO5Si5. The van der Waals surface area contributed by atoms with E-state index in [9.17, 15) is 0 Å². The first-order valence-corrected chi connectivity index (χ1v) is 18.0. The molecule has 0 aliphatic carbocycles. The predicted molar refractivity (Wildman–Crippen MR) is 92.0 cm³/mol. The zero-order chi connectivity index (χ0) is 15.3. The van der Waals surface area contributed by atoms with E-state index in [1.807, 2.05) is 0 Å². The van der Waals surface area contributed by atoms with E-state index in [1.165, 1.54) is 0 Å². The average Bonchev–Trinajstić information content (AvgIpc) is 2.26. The van der Waals surface area contributed by atoms with Crippen LogP contribution in [0.25, 0.3) is 0 Å². The Hall–Kier alpha value is 0.844. The standard InChI is InChI=1S/C9H29NO5Si5/c1-8-10(9-2)20(7)14-18(5)12-16(3)11-17(4)13-19(6)15-20/h16-19H,8-9H2,1-7H3. The third-order valence-electron chi connectivity index (χ3n) is 3.26. The molecule has 0 amide bonds. The van der Waals surface area contributed by atoms with Crippen molar-refractivity contribution in [2.24, 2.45) is 0 Å². The Morgan fingerprint density at radius 1 is 0.750 bits per heavy atom. The fourth-order valence-corrected chi connectivity index (χ4v) is 20.1. The summed E-state index contributed by atoms with van der Waals surface area (Å²) in [5, 5.41) is 0. The van der Waals surface area contributed by atoms with Crippen LogP contribution in [-0.2, 0) is 20.6 Å². The van der Waals surface area contributed by atoms with Gasteiger partial charge in [0.1, 0.15) is 0 Å². The summed E-state index contributed by atoms with van der Waals surface area (Å²) in [6.07, 6.45) is 0. The summed E-state index contributed by atoms with van der Waals surface area (Å²) in [6, 6.07) is 0. The number of rotatable bonds is 3. The molecule has 6 nitrogen and oxygen atoms in total. The summed E-state index contributed by atoms with van der Waals surface area (Å²) in [6.45, 7) is 16.5. The molecule has 0 saturated carbocycles. The van der Waals surface area contributed by atoms with Crippen molar-refractivity contribution in [3.63, 3.8) is 0 Å². The highest BCUT2D eigenvalue weighted by Crippen LogP contribution is 2.19. The Morgan fingerprint density at radius 3 is 1.45 bits per heavy atom. The molecule has 0 aromatic heterocycles. The van der Waals surface area contributed by atoms with Crippen molar-refractivity contribution in [3.8, 4) is 0 Å². The Labute approximate surface area is 131 Å². The highest BCUT2D eigenvalue weighted by atomic mass is 28.5. The van der Waals surface area contributed by atoms with Crippen LogP contribution in [-0.4, -0.2) is 63.5 Å². The lowest BCUT2D eigenvalue weighted by atomic mass is 10.7. The maximum absolute atomic E-state index is 6.32. The lowest BCUT2D eigenvalue weighted by Gasteiger charge is -2.41. The molecule has 11 heteroatoms. The molecule has 120 valence electrons. The van der Waals surface area contributed by atoms with Crippen LogP contribution < -0.4 is 0 Å². The Kier molecular flexibility index (Phi) is 8.00. The van der Waals surface area contributed by atoms with E-state index in [1.54, 1.807) is 0 Å². The van der Waals surface area contributed by atoms with Gasteiger partial charge < -0.3 is 20.6 Å². The molecule has 1 heterocycles. The van der Waals surface area contributed by atoms with Crippen LogP contribution in [0.5, 0.6) is 0 Å². The van der Waals surface area contributed by atoms with E-state index >= 15 is 0 Å². The first kappa shape index (κ1) is 18.9. The zero-order valence-corrected chi connectivity index (χ0v) is 19.3. The molecule has 20 heavy (non-hydrogen) atoms. The van der Waals surface area contributed by atoms with Gasteiger partial charge in [-0.3, -0.25) is 4.57 Å². The summed E-state index contributed by atoms with van der Waals surface area (Å²) >= 11 is 0. The monoisotopic (exact) mass is 371 g/mol. The molecule has 0 aromatic carbocycles. The van der Waals surface area contributed by atoms with Gasteiger partial charge in [-0.2, -0.15) is 0 Å². The highest BCUT2D eigenvalue weighted by molar-refractivity contribution is 6.79. The van der Waals surface area contributed by atoms with Crippen molar-refractivity contribution in [1.29, 1.82) is 0 Å². The third kappa shape index (κ3) is 5.56. The molecule has 4 unspecified atom stereocenters. The van der Waals surface area contributed by atoms with Crippen LogP contribution in [0, 0.1) is 0 Å². The van der Waals surface area contributed by atoms with Gasteiger partial charge in [-0.05, 0) is 45.8 Å². The lowest BCUT2D eigenvalue weighted by Crippen LogP contribution is -2.62. The molecule has 0 aromatic rings. The van der Waals surface area contributed by atoms with Crippen molar-refractivity contribution < 1.29 is 20.6 Å². The van der Waals surface area contributed by atoms with Gasteiger partial charge in [0.2, 0.25) is 0 Å². The molecule has 4 atom stereocenters. The van der Waals surface area contributed by atoms with Gasteiger partial charge in [0.25, 0.3) is 18.6 Å². The summed E-state index contributed by atoms with van der Waals surface area (Å²) < 4.78 is 32.8. The summed E-state index contributed by atoms with van der Waals surface area (Å²) in [5.41, 5.74) is 0. The molecule has 0 N–H and O–H groups in total. The molecular weight excluding hydrogens is 343 g/mol. The Bertz CT molecular complexity index is 280. The van der Waals surface area contributed by atoms with Crippen LogP contribution in [0.2, 0.25) is 32.7 Å². The molecule has 0 bridgehead atoms. The van der Waals surface area contributed by atoms with E-state index in [4.69, 9.17) is 20.6 Å². The van der Waals surface area contributed by atoms with E-state index in [0.29, 0.717) is 0 Å². The minimum absolute atomic E-state index is 0.928. The van der Waals surface area contributed by atoms with Crippen LogP contribution in [0.3, 0.4) is 0 Å². The Morgan fingerprint density at radius 2 is 1.10 bits per heavy atom. The summed E-state index contributed by atoms with van der Waals surface area (Å²) in [5.74, 6) is 0. The zero-order valence-electron chi connectivity index (χ0n) is 13.7. The molecule has 1 fully saturated rings. The second kappa shape index (κ2) is 8.47. The fourth-order valence-electron chi connectivity index (χ4n) is 2.52. The summed E-state index contributed by atoms with van der Waals surface area (Å²) in [4.78, 5) is 0. The average molecular weight is 372 g/mol. The highest BCUT2D eigenvalue weighted by Gasteiger charge is 2.43. The van der Waals surface area contributed by atoms with E-state index < -0.39 is 45.9 Å². The van der Waals surface area contributed by atoms with E-state index in [-0.39, 0.29) is 0 Å². The van der Waals surface area contributed by atoms with Crippen LogP contribution in [0.1, 0.15) is 13.8 Å². The van der Waals surface area contributed by atoms with Crippen molar-refractivity contribution in [3.05, 3.63) is 0 Å². The second-order valence-corrected chi connectivity index (χ2v) is 17.1. The van der Waals surface area contributed by atoms with Gasteiger partial charge in [-0.1, -0.05) is 13.8 Å². The smallest absolute Gasteiger partial charge is 0.406 e. The Balaban J connectivity index is 2.91. The molecule has 1 saturated heterocycles. The van der Waals surface area contributed by atoms with E-state index in [2.05, 4.69) is 51.1 Å². The van der Waals surface area contributed by atoms with Gasteiger partial charge in [0.15, 0.2) is 0 Å². The number of nitrogens with zero attached hydrogens (tertiary/aromatic N) is 1. The van der Waals surface area contributed by atoms with Gasteiger partial charge in [0.05, 0.1) is 0 Å². The molecule has 0 spiro atoms. The summed E-state index contributed by atoms with van der Waals surface area (Å²) in [7, 11) is -9.08. The maximum atomic E-state index is 6.32. The van der Waals surface area contributed by atoms with Gasteiger partial charge >= 0.3 is 27.3 Å². The number of hydrogen-bond donors (Lipinski definition) is 0. The molecule has 0 radical (unpaired) electrons. The van der Waals surface area contributed by atoms with Crippen LogP contribution in [0.15, 0.2) is 0 Å². The van der Waals surface area contributed by atoms with Gasteiger partial charge in [-0.25, -0.2) is 0 Å². The SMILES string of the molecule is CCN(CC)[Si]1(C)O[SiH](C)O[SiH](C)O[SiH](C)O[SiH](C)O1. The lowest BCUT2D eigenvalue weighted by molar-refractivity contribution is 0.222. The van der Waals surface area contributed by atoms with Crippen molar-refractivity contribution in [2.75, 3.05) is 13.1 Å². The van der Waals surface area contributed by atoms with E-state index in [0.717, 1.165) is 13.1 Å². The van der Waals surface area contributed by atoms with Crippen molar-refractivity contribution >= 4 is 45.9 Å². The fraction of sp³-hybridized carbons (Fsp3) is 1.00. The first-order chi connectivity index (χ1) is 9.30. The first-order valence-electron chi connectivity index (χ1n) is 7.37. The van der Waals surface area contributed by atoms with Crippen LogP contribution in [0.4, 0.5) is 0 Å². The van der Waals surface area contributed by atoms with Crippen LogP contribution >= 0.6 is 0 Å². The van der Waals surface area contributed by atoms with Gasteiger partial charge in [-0.15, -0.1) is 0 Å². The largest absolute Gasteiger partial charge is 0.420 e. The minimum atomic E-state index is -2.39. The molecule has 1 aliphatic heterocycles. The third-order valence-corrected chi connectivity index (χ3v) is 20.4. The van der Waals surface area contributed by atoms with Gasteiger partial charge in [0, 0.05) is 0 Å². The van der Waals surface area contributed by atoms with Crippen molar-refractivity contribution in [1.82, 2.24) is 4.57 Å². The second-order valence-electron chi connectivity index (χ2n) is 4.98. The quantitative estimate of drug-likeness (QED) is 0.669. The van der Waals surface area contributed by atoms with Crippen molar-refractivity contribution in [2.45, 2.75) is 46.6 Å². The maximum Gasteiger partial charge on any atom is 0.406 e. The molecule has 1 aliphatic rings. The topological polar surface area (TPSA) is 49.4 Å². The predicted octanol–water partition coefficient (Wildman–Crippen LogP) is 0.395. The minimum Gasteiger partial charge on any atom is -0.420 e. The normalized spacial score (nSPS) is 40.8.